The number of amides is 1. The van der Waals surface area contributed by atoms with Gasteiger partial charge in [0.25, 0.3) is 0 Å². The Kier molecular flexibility index (Phi) is 12.5. The third kappa shape index (κ3) is 8.69. The van der Waals surface area contributed by atoms with E-state index in [4.69, 9.17) is 32.7 Å². The highest BCUT2D eigenvalue weighted by Gasteiger charge is 2.43. The van der Waals surface area contributed by atoms with Gasteiger partial charge in [-0.05, 0) is 69.3 Å². The van der Waals surface area contributed by atoms with E-state index < -0.39 is 30.6 Å². The highest BCUT2D eigenvalue weighted by atomic mass is 35.5. The third-order valence-electron chi connectivity index (χ3n) is 11.4. The number of carbonyl (C=O) groups excluding carboxylic acids is 3. The SMILES string of the molecule is COC(=O)C1=C(CCc2ccccc2NCC(F)(F)F)NC(CC(=O)N2CCN(C3CC4CCC(C3)N4C)CC2)=C(C(=O)OC)C1c1c(Cl)cccc1Cl. The van der Waals surface area contributed by atoms with Gasteiger partial charge < -0.3 is 29.9 Å². The number of nitrogens with zero attached hydrogens (tertiary/aromatic N) is 3. The van der Waals surface area contributed by atoms with Gasteiger partial charge in [-0.25, -0.2) is 9.59 Å². The molecule has 3 saturated heterocycles. The average Bonchev–Trinajstić information content (AvgIpc) is 3.34. The van der Waals surface area contributed by atoms with Crippen LogP contribution in [0.4, 0.5) is 18.9 Å². The molecule has 4 aliphatic heterocycles. The van der Waals surface area contributed by atoms with Crippen molar-refractivity contribution in [2.75, 3.05) is 59.3 Å². The second-order valence-corrected chi connectivity index (χ2v) is 15.2. The van der Waals surface area contributed by atoms with Crippen LogP contribution in [0.15, 0.2) is 65.0 Å². The molecule has 0 aromatic heterocycles. The first-order valence-electron chi connectivity index (χ1n) is 18.3. The Morgan fingerprint density at radius 2 is 1.43 bits per heavy atom. The summed E-state index contributed by atoms with van der Waals surface area (Å²) in [5.41, 5.74) is 1.62. The lowest BCUT2D eigenvalue weighted by atomic mass is 9.78. The molecule has 2 N–H and O–H groups in total. The zero-order valence-electron chi connectivity index (χ0n) is 30.6. The number of ether oxygens (including phenoxy) is 2. The highest BCUT2D eigenvalue weighted by molar-refractivity contribution is 6.36. The Hall–Kier alpha value is -3.78. The first-order valence-corrected chi connectivity index (χ1v) is 19.0. The molecule has 15 heteroatoms. The first kappa shape index (κ1) is 39.9. The Bertz CT molecular complexity index is 1780. The molecule has 3 atom stereocenters. The topological polar surface area (TPSA) is 103 Å². The van der Waals surface area contributed by atoms with Crippen LogP contribution in [0.2, 0.25) is 10.0 Å². The summed E-state index contributed by atoms with van der Waals surface area (Å²) in [6.07, 6.45) is 0.352. The number of halogens is 5. The van der Waals surface area contributed by atoms with Gasteiger partial charge in [0.1, 0.15) is 6.54 Å². The zero-order chi connectivity index (χ0) is 38.7. The molecule has 0 aliphatic carbocycles. The van der Waals surface area contributed by atoms with Gasteiger partial charge in [-0.15, -0.1) is 0 Å². The molecule has 2 aromatic carbocycles. The number of anilines is 1. The zero-order valence-corrected chi connectivity index (χ0v) is 32.1. The van der Waals surface area contributed by atoms with E-state index >= 15 is 0 Å². The normalized spacial score (nSPS) is 23.7. The number of para-hydroxylation sites is 1. The summed E-state index contributed by atoms with van der Waals surface area (Å²) >= 11 is 13.5. The lowest BCUT2D eigenvalue weighted by Crippen LogP contribution is -2.56. The quantitative estimate of drug-likeness (QED) is 0.254. The Morgan fingerprint density at radius 1 is 0.833 bits per heavy atom. The number of piperazine rings is 1. The van der Waals surface area contributed by atoms with Crippen molar-refractivity contribution < 1.29 is 37.0 Å². The van der Waals surface area contributed by atoms with Crippen LogP contribution >= 0.6 is 23.2 Å². The second-order valence-electron chi connectivity index (χ2n) is 14.4. The van der Waals surface area contributed by atoms with Crippen molar-refractivity contribution in [3.63, 3.8) is 0 Å². The van der Waals surface area contributed by atoms with Gasteiger partial charge in [0.05, 0.1) is 37.7 Å². The van der Waals surface area contributed by atoms with Crippen LogP contribution in [0.25, 0.3) is 0 Å². The number of nitrogens with one attached hydrogen (secondary N) is 2. The highest BCUT2D eigenvalue weighted by Crippen LogP contribution is 2.46. The van der Waals surface area contributed by atoms with Gasteiger partial charge in [-0.1, -0.05) is 47.5 Å². The minimum atomic E-state index is -4.43. The van der Waals surface area contributed by atoms with E-state index in [9.17, 15) is 27.6 Å². The van der Waals surface area contributed by atoms with Gasteiger partial charge in [-0.3, -0.25) is 9.69 Å². The number of piperidine rings is 1. The molecule has 0 spiro atoms. The molecule has 0 radical (unpaired) electrons. The molecule has 2 bridgehead atoms. The van der Waals surface area contributed by atoms with E-state index in [0.717, 1.165) is 25.9 Å². The number of allylic oxidation sites excluding steroid dienone is 1. The van der Waals surface area contributed by atoms with Gasteiger partial charge >= 0.3 is 18.1 Å². The Morgan fingerprint density at radius 3 is 2.02 bits per heavy atom. The minimum absolute atomic E-state index is 0.0160. The van der Waals surface area contributed by atoms with Crippen molar-refractivity contribution in [2.24, 2.45) is 0 Å². The lowest BCUT2D eigenvalue weighted by Gasteiger charge is -2.45. The van der Waals surface area contributed by atoms with E-state index in [1.165, 1.54) is 27.1 Å². The summed E-state index contributed by atoms with van der Waals surface area (Å²) in [6, 6.07) is 13.1. The molecular formula is C39H46Cl2F3N5O5. The van der Waals surface area contributed by atoms with E-state index in [1.54, 1.807) is 47.4 Å². The molecule has 4 aliphatic rings. The second kappa shape index (κ2) is 16.9. The summed E-state index contributed by atoms with van der Waals surface area (Å²) in [5.74, 6) is -2.99. The molecule has 3 fully saturated rings. The molecule has 4 heterocycles. The monoisotopic (exact) mass is 791 g/mol. The number of rotatable bonds is 11. The number of hydrogen-bond donors (Lipinski definition) is 2. The van der Waals surface area contributed by atoms with Gasteiger partial charge in [0.2, 0.25) is 5.91 Å². The van der Waals surface area contributed by atoms with Crippen LogP contribution in [0, 0.1) is 0 Å². The van der Waals surface area contributed by atoms with Crippen molar-refractivity contribution >= 4 is 46.7 Å². The number of dihydropyridines is 1. The number of alkyl halides is 3. The predicted octanol–water partition coefficient (Wildman–Crippen LogP) is 6.30. The average molecular weight is 793 g/mol. The number of fused-ring (bicyclic) bond motifs is 2. The van der Waals surface area contributed by atoms with Crippen LogP contribution in [-0.2, 0) is 30.3 Å². The number of carbonyl (C=O) groups is 3. The van der Waals surface area contributed by atoms with Crippen molar-refractivity contribution in [3.8, 4) is 0 Å². The predicted molar refractivity (Wildman–Crippen MR) is 200 cm³/mol. The minimum Gasteiger partial charge on any atom is -0.466 e. The third-order valence-corrected chi connectivity index (χ3v) is 12.0. The van der Waals surface area contributed by atoms with E-state index in [0.29, 0.717) is 42.5 Å². The molecule has 0 saturated carbocycles. The fourth-order valence-electron chi connectivity index (χ4n) is 8.57. The van der Waals surface area contributed by atoms with Gasteiger partial charge in [0.15, 0.2) is 0 Å². The smallest absolute Gasteiger partial charge is 0.405 e. The maximum absolute atomic E-state index is 14.1. The van der Waals surface area contributed by atoms with Crippen LogP contribution in [0.3, 0.4) is 0 Å². The lowest BCUT2D eigenvalue weighted by molar-refractivity contribution is -0.137. The largest absolute Gasteiger partial charge is 0.466 e. The molecule has 1 amide bonds. The number of hydrogen-bond acceptors (Lipinski definition) is 9. The van der Waals surface area contributed by atoms with Crippen LogP contribution in [0.1, 0.15) is 55.6 Å². The maximum Gasteiger partial charge on any atom is 0.405 e. The molecule has 6 rings (SSSR count). The standard InChI is InChI=1S/C39H46Cl2F3N5O5/c1-47-24-12-13-25(47)20-26(19-24)48-15-17-49(18-16-48)32(50)21-31-35(38(52)54-3)36(33-27(40)8-6-9-28(33)41)34(37(51)53-2)30(46-31)14-11-23-7-4-5-10-29(23)45-22-39(42,43)44/h4-10,24-26,36,45-46H,11-22H2,1-3H3. The molecule has 54 heavy (non-hydrogen) atoms. The molecule has 2 aromatic rings. The van der Waals surface area contributed by atoms with E-state index in [-0.39, 0.29) is 63.3 Å². The maximum atomic E-state index is 14.1. The van der Waals surface area contributed by atoms with Crippen LogP contribution in [0.5, 0.6) is 0 Å². The summed E-state index contributed by atoms with van der Waals surface area (Å²) in [5, 5.41) is 6.02. The number of methoxy groups -OCH3 is 2. The van der Waals surface area contributed by atoms with Crippen molar-refractivity contribution in [1.29, 1.82) is 0 Å². The van der Waals surface area contributed by atoms with Crippen LogP contribution in [-0.4, -0.2) is 111 Å². The molecule has 10 nitrogen and oxygen atoms in total. The van der Waals surface area contributed by atoms with E-state index in [2.05, 4.69) is 27.5 Å². The van der Waals surface area contributed by atoms with Crippen LogP contribution < -0.4 is 10.6 Å². The van der Waals surface area contributed by atoms with Crippen molar-refractivity contribution in [1.82, 2.24) is 20.0 Å². The Balaban J connectivity index is 1.31. The molecule has 292 valence electrons. The number of aryl methyl sites for hydroxylation is 1. The number of esters is 2. The summed E-state index contributed by atoms with van der Waals surface area (Å²) in [6.45, 7) is 1.31. The summed E-state index contributed by atoms with van der Waals surface area (Å²) < 4.78 is 49.9. The van der Waals surface area contributed by atoms with Crippen molar-refractivity contribution in [3.05, 3.63) is 86.2 Å². The van der Waals surface area contributed by atoms with Gasteiger partial charge in [0, 0.05) is 77.0 Å². The summed E-state index contributed by atoms with van der Waals surface area (Å²) in [7, 11) is 4.63. The molecule has 3 unspecified atom stereocenters. The summed E-state index contributed by atoms with van der Waals surface area (Å²) in [4.78, 5) is 48.4. The van der Waals surface area contributed by atoms with Crippen molar-refractivity contribution in [2.45, 2.75) is 75.2 Å². The fraction of sp³-hybridized carbons (Fsp3) is 0.513. The number of benzene rings is 2. The van der Waals surface area contributed by atoms with E-state index in [1.807, 2.05) is 0 Å². The molecular weight excluding hydrogens is 746 g/mol. The van der Waals surface area contributed by atoms with Gasteiger partial charge in [-0.2, -0.15) is 13.2 Å². The Labute approximate surface area is 323 Å². The first-order chi connectivity index (χ1) is 25.8. The fourth-order valence-corrected chi connectivity index (χ4v) is 9.19.